The van der Waals surface area contributed by atoms with E-state index in [1.807, 2.05) is 0 Å². The lowest BCUT2D eigenvalue weighted by molar-refractivity contribution is -0.917. The van der Waals surface area contributed by atoms with Crippen LogP contribution in [0.25, 0.3) is 0 Å². The highest BCUT2D eigenvalue weighted by Gasteiger charge is 2.21. The highest BCUT2D eigenvalue weighted by atomic mass is 32.1. The minimum atomic E-state index is 0.603. The number of hydrogen-bond acceptors (Lipinski definition) is 2. The number of ether oxygens (including phenoxy) is 1. The van der Waals surface area contributed by atoms with Crippen LogP contribution < -0.4 is 10.2 Å². The molecule has 1 heterocycles. The zero-order chi connectivity index (χ0) is 16.7. The highest BCUT2D eigenvalue weighted by Crippen LogP contribution is 2.14. The molecule has 5 heteroatoms. The summed E-state index contributed by atoms with van der Waals surface area (Å²) in [5, 5.41) is 4.12. The number of piperazine rings is 1. The number of nitrogens with zero attached hydrogens (tertiary/aromatic N) is 1. The molecule has 128 valence electrons. The van der Waals surface area contributed by atoms with Gasteiger partial charge in [0.05, 0.1) is 32.8 Å². The van der Waals surface area contributed by atoms with Gasteiger partial charge in [-0.3, -0.25) is 0 Å². The van der Waals surface area contributed by atoms with Gasteiger partial charge in [-0.1, -0.05) is 38.1 Å². The van der Waals surface area contributed by atoms with Crippen molar-refractivity contribution in [3.8, 4) is 0 Å². The maximum absolute atomic E-state index is 5.44. The van der Waals surface area contributed by atoms with Crippen molar-refractivity contribution in [3.05, 3.63) is 35.4 Å². The average Bonchev–Trinajstić information content (AvgIpc) is 2.56. The lowest BCUT2D eigenvalue weighted by Crippen LogP contribution is -3.13. The summed E-state index contributed by atoms with van der Waals surface area (Å²) < 4.78 is 5.04. The summed E-state index contributed by atoms with van der Waals surface area (Å²) in [6.07, 6.45) is 0. The molecule has 2 N–H and O–H groups in total. The molecule has 1 aromatic rings. The van der Waals surface area contributed by atoms with E-state index in [0.717, 1.165) is 44.4 Å². The Morgan fingerprint density at radius 1 is 1.26 bits per heavy atom. The van der Waals surface area contributed by atoms with Gasteiger partial charge in [-0.15, -0.1) is 0 Å². The molecule has 0 spiro atoms. The Bertz CT molecular complexity index is 482. The Balaban J connectivity index is 1.75. The molecule has 0 saturated carbocycles. The number of thiocarbonyl (C=S) groups is 1. The monoisotopic (exact) mass is 336 g/mol. The fourth-order valence-corrected chi connectivity index (χ4v) is 3.17. The van der Waals surface area contributed by atoms with Crippen LogP contribution in [-0.4, -0.2) is 56.5 Å². The zero-order valence-corrected chi connectivity index (χ0v) is 15.4. The molecule has 2 rings (SSSR count). The van der Waals surface area contributed by atoms with Crippen LogP contribution in [0.1, 0.15) is 30.9 Å². The van der Waals surface area contributed by atoms with Gasteiger partial charge in [-0.05, 0) is 23.7 Å². The highest BCUT2D eigenvalue weighted by molar-refractivity contribution is 7.80. The van der Waals surface area contributed by atoms with Crippen LogP contribution in [0.5, 0.6) is 0 Å². The average molecular weight is 337 g/mol. The molecule has 1 saturated heterocycles. The molecule has 1 aromatic carbocycles. The van der Waals surface area contributed by atoms with Gasteiger partial charge in [0.15, 0.2) is 5.11 Å². The summed E-state index contributed by atoms with van der Waals surface area (Å²) in [4.78, 5) is 3.91. The normalized spacial score (nSPS) is 15.9. The first-order chi connectivity index (χ1) is 11.1. The molecule has 0 aromatic heterocycles. The molecule has 0 radical (unpaired) electrons. The van der Waals surface area contributed by atoms with E-state index in [4.69, 9.17) is 17.0 Å². The van der Waals surface area contributed by atoms with E-state index >= 15 is 0 Å². The number of benzene rings is 1. The number of hydrogen-bond donors (Lipinski definition) is 2. The van der Waals surface area contributed by atoms with E-state index in [2.05, 4.69) is 48.3 Å². The van der Waals surface area contributed by atoms with E-state index in [9.17, 15) is 0 Å². The van der Waals surface area contributed by atoms with Gasteiger partial charge in [0.1, 0.15) is 6.54 Å². The first-order valence-corrected chi connectivity index (χ1v) is 8.95. The van der Waals surface area contributed by atoms with Gasteiger partial charge in [0, 0.05) is 19.2 Å². The summed E-state index contributed by atoms with van der Waals surface area (Å²) in [6.45, 7) is 11.4. The largest absolute Gasteiger partial charge is 0.383 e. The van der Waals surface area contributed by atoms with Crippen LogP contribution in [-0.2, 0) is 11.3 Å². The molecule has 0 aliphatic carbocycles. The first kappa shape index (κ1) is 18.2. The van der Waals surface area contributed by atoms with E-state index in [0.29, 0.717) is 12.5 Å². The SMILES string of the molecule is COCCNC(=S)N1CC[NH+](Cc2ccc(C(C)C)cc2)CC1. The quantitative estimate of drug-likeness (QED) is 0.600. The third-order valence-corrected chi connectivity index (χ3v) is 4.84. The van der Waals surface area contributed by atoms with Crippen molar-refractivity contribution in [1.82, 2.24) is 10.2 Å². The smallest absolute Gasteiger partial charge is 0.169 e. The molecule has 0 amide bonds. The molecule has 4 nitrogen and oxygen atoms in total. The molecule has 0 unspecified atom stereocenters. The number of methoxy groups -OCH3 is 1. The Labute approximate surface area is 145 Å². The van der Waals surface area contributed by atoms with E-state index in [-0.39, 0.29) is 0 Å². The van der Waals surface area contributed by atoms with Gasteiger partial charge in [-0.2, -0.15) is 0 Å². The fraction of sp³-hybridized carbons (Fsp3) is 0.611. The number of quaternary nitrogens is 1. The lowest BCUT2D eigenvalue weighted by Gasteiger charge is -2.34. The molecule has 1 aliphatic rings. The topological polar surface area (TPSA) is 28.9 Å². The third-order valence-electron chi connectivity index (χ3n) is 4.44. The second kappa shape index (κ2) is 9.21. The van der Waals surface area contributed by atoms with Crippen LogP contribution in [0.15, 0.2) is 24.3 Å². The Kier molecular flexibility index (Phi) is 7.27. The van der Waals surface area contributed by atoms with Crippen LogP contribution in [0.3, 0.4) is 0 Å². The zero-order valence-electron chi connectivity index (χ0n) is 14.6. The van der Waals surface area contributed by atoms with Gasteiger partial charge < -0.3 is 19.9 Å². The van der Waals surface area contributed by atoms with Crippen molar-refractivity contribution in [2.24, 2.45) is 0 Å². The summed E-state index contributed by atoms with van der Waals surface area (Å²) in [5.41, 5.74) is 2.85. The molecule has 0 bridgehead atoms. The molecule has 23 heavy (non-hydrogen) atoms. The van der Waals surface area contributed by atoms with E-state index in [1.165, 1.54) is 11.1 Å². The van der Waals surface area contributed by atoms with Crippen LogP contribution in [0.2, 0.25) is 0 Å². The standard InChI is InChI=1S/C18H29N3OS/c1-15(2)17-6-4-16(5-7-17)14-20-9-11-21(12-10-20)18(23)19-8-13-22-3/h4-7,15H,8-14H2,1-3H3,(H,19,23)/p+1. The Hall–Kier alpha value is -1.17. The second-order valence-electron chi connectivity index (χ2n) is 6.53. The predicted molar refractivity (Wildman–Crippen MR) is 99.0 cm³/mol. The molecule has 1 aliphatic heterocycles. The van der Waals surface area contributed by atoms with Crippen molar-refractivity contribution in [1.29, 1.82) is 0 Å². The predicted octanol–water partition coefficient (Wildman–Crippen LogP) is 1.03. The van der Waals surface area contributed by atoms with Gasteiger partial charge in [0.2, 0.25) is 0 Å². The number of nitrogens with one attached hydrogen (secondary N) is 2. The Morgan fingerprint density at radius 2 is 1.91 bits per heavy atom. The maximum atomic E-state index is 5.44. The fourth-order valence-electron chi connectivity index (χ4n) is 2.88. The van der Waals surface area contributed by atoms with Gasteiger partial charge in [0.25, 0.3) is 0 Å². The van der Waals surface area contributed by atoms with Crippen LogP contribution in [0, 0.1) is 0 Å². The summed E-state index contributed by atoms with van der Waals surface area (Å²) >= 11 is 5.44. The van der Waals surface area contributed by atoms with Crippen LogP contribution in [0.4, 0.5) is 0 Å². The van der Waals surface area contributed by atoms with E-state index in [1.54, 1.807) is 12.0 Å². The minimum absolute atomic E-state index is 0.603. The van der Waals surface area contributed by atoms with Crippen molar-refractivity contribution in [3.63, 3.8) is 0 Å². The van der Waals surface area contributed by atoms with Gasteiger partial charge >= 0.3 is 0 Å². The molecular weight excluding hydrogens is 306 g/mol. The summed E-state index contributed by atoms with van der Waals surface area (Å²) in [6, 6.07) is 9.10. The number of rotatable bonds is 6. The molecule has 0 atom stereocenters. The summed E-state index contributed by atoms with van der Waals surface area (Å²) in [7, 11) is 1.71. The Morgan fingerprint density at radius 3 is 2.48 bits per heavy atom. The van der Waals surface area contributed by atoms with Crippen molar-refractivity contribution < 1.29 is 9.64 Å². The third kappa shape index (κ3) is 5.75. The molecule has 1 fully saturated rings. The van der Waals surface area contributed by atoms with Crippen LogP contribution >= 0.6 is 12.2 Å². The lowest BCUT2D eigenvalue weighted by atomic mass is 10.0. The van der Waals surface area contributed by atoms with Crippen molar-refractivity contribution >= 4 is 17.3 Å². The van der Waals surface area contributed by atoms with Gasteiger partial charge in [-0.25, -0.2) is 0 Å². The van der Waals surface area contributed by atoms with E-state index < -0.39 is 0 Å². The first-order valence-electron chi connectivity index (χ1n) is 8.54. The molecular formula is C18H30N3OS+. The minimum Gasteiger partial charge on any atom is -0.383 e. The second-order valence-corrected chi connectivity index (χ2v) is 6.92. The van der Waals surface area contributed by atoms with Crippen molar-refractivity contribution in [2.45, 2.75) is 26.3 Å². The van der Waals surface area contributed by atoms with Crippen molar-refractivity contribution in [2.75, 3.05) is 46.4 Å². The maximum Gasteiger partial charge on any atom is 0.169 e. The summed E-state index contributed by atoms with van der Waals surface area (Å²) in [5.74, 6) is 0.603.